The second-order valence-corrected chi connectivity index (χ2v) is 11.9. The van der Waals surface area contributed by atoms with Crippen LogP contribution in [-0.4, -0.2) is 80.9 Å². The molecule has 4 aromatic carbocycles. The number of halogens is 2. The fraction of sp³-hybridized carbons (Fsp3) is 0.289. The van der Waals surface area contributed by atoms with Crippen molar-refractivity contribution in [2.24, 2.45) is 5.73 Å². The average molecular weight is 723 g/mol. The number of nitrogens with one attached hydrogen (secondary N) is 1. The number of ether oxygens (including phenoxy) is 2. The third-order valence-corrected chi connectivity index (χ3v) is 8.33. The maximum Gasteiger partial charge on any atom is 0.259 e. The highest BCUT2D eigenvalue weighted by molar-refractivity contribution is 6.08. The van der Waals surface area contributed by atoms with Crippen LogP contribution in [0.2, 0.25) is 0 Å². The van der Waals surface area contributed by atoms with Crippen LogP contribution >= 0.6 is 24.8 Å². The standard InChI is InChI=1S/C38H43N5O5.2ClH/c1-27-13-14-29(32(25-27)38(46)43-22-20-41(2)21-23-43)26-48-35-12-7-5-10-33(35)42(3)37(45)28-15-17-30(18-16-28)40-36(44)31-9-4-6-11-34(31)47-24-8-19-39;;/h4-7,9-18,25H,8,19-24,26,39H2,1-3H3,(H,40,44);2*1H. The number of nitrogens with two attached hydrogens (primary N) is 1. The van der Waals surface area contributed by atoms with Crippen LogP contribution in [0.4, 0.5) is 11.4 Å². The molecule has 1 saturated heterocycles. The number of hydrogen-bond donors (Lipinski definition) is 2. The number of anilines is 2. The number of aryl methyl sites for hydroxylation is 1. The van der Waals surface area contributed by atoms with Crippen molar-refractivity contribution in [1.82, 2.24) is 9.80 Å². The third kappa shape index (κ3) is 9.98. The lowest BCUT2D eigenvalue weighted by Crippen LogP contribution is -2.47. The fourth-order valence-corrected chi connectivity index (χ4v) is 5.45. The maximum atomic E-state index is 13.6. The number of amides is 3. The molecule has 3 amide bonds. The summed E-state index contributed by atoms with van der Waals surface area (Å²) < 4.78 is 12.0. The Bertz CT molecular complexity index is 1750. The Labute approximate surface area is 306 Å². The van der Waals surface area contributed by atoms with Crippen molar-refractivity contribution in [1.29, 1.82) is 0 Å². The number of carbonyl (C=O) groups is 3. The van der Waals surface area contributed by atoms with E-state index >= 15 is 0 Å². The Kier molecular flexibility index (Phi) is 15.1. The zero-order valence-electron chi connectivity index (χ0n) is 28.6. The number of hydrogen-bond acceptors (Lipinski definition) is 7. The van der Waals surface area contributed by atoms with E-state index in [1.807, 2.05) is 60.4 Å². The summed E-state index contributed by atoms with van der Waals surface area (Å²) in [7, 11) is 3.75. The van der Waals surface area contributed by atoms with Gasteiger partial charge in [0, 0.05) is 55.6 Å². The molecule has 0 atom stereocenters. The summed E-state index contributed by atoms with van der Waals surface area (Å²) in [4.78, 5) is 45.7. The molecule has 4 aromatic rings. The van der Waals surface area contributed by atoms with Gasteiger partial charge in [-0.05, 0) is 81.5 Å². The molecule has 3 N–H and O–H groups in total. The SMILES string of the molecule is Cc1ccc(COc2ccccc2N(C)C(=O)c2ccc(NC(=O)c3ccccc3OCCCN)cc2)c(C(=O)N2CCN(C)CC2)c1.Cl.Cl. The van der Waals surface area contributed by atoms with Gasteiger partial charge in [-0.1, -0.05) is 42.0 Å². The van der Waals surface area contributed by atoms with Crippen molar-refractivity contribution in [3.8, 4) is 11.5 Å². The molecule has 50 heavy (non-hydrogen) atoms. The molecule has 0 spiro atoms. The molecule has 0 aromatic heterocycles. The number of piperazine rings is 1. The van der Waals surface area contributed by atoms with Gasteiger partial charge in [-0.3, -0.25) is 14.4 Å². The molecule has 5 rings (SSSR count). The van der Waals surface area contributed by atoms with Gasteiger partial charge in [0.2, 0.25) is 0 Å². The highest BCUT2D eigenvalue weighted by Crippen LogP contribution is 2.30. The lowest BCUT2D eigenvalue weighted by atomic mass is 10.0. The van der Waals surface area contributed by atoms with Crippen LogP contribution in [-0.2, 0) is 6.61 Å². The van der Waals surface area contributed by atoms with Gasteiger partial charge in [0.25, 0.3) is 17.7 Å². The largest absolute Gasteiger partial charge is 0.493 e. The molecular formula is C38H45Cl2N5O5. The van der Waals surface area contributed by atoms with Crippen molar-refractivity contribution in [2.45, 2.75) is 20.0 Å². The first-order valence-electron chi connectivity index (χ1n) is 16.2. The number of benzene rings is 4. The van der Waals surface area contributed by atoms with Gasteiger partial charge in [0.05, 0.1) is 17.9 Å². The molecule has 0 saturated carbocycles. The zero-order chi connectivity index (χ0) is 34.0. The van der Waals surface area contributed by atoms with Crippen LogP contribution in [0.5, 0.6) is 11.5 Å². The molecule has 0 bridgehead atoms. The van der Waals surface area contributed by atoms with Crippen LogP contribution in [0.15, 0.2) is 91.0 Å². The van der Waals surface area contributed by atoms with Crippen LogP contribution in [0.1, 0.15) is 48.6 Å². The summed E-state index contributed by atoms with van der Waals surface area (Å²) in [6.45, 7) is 6.12. The summed E-state index contributed by atoms with van der Waals surface area (Å²) in [5.74, 6) is 0.443. The third-order valence-electron chi connectivity index (χ3n) is 8.33. The van der Waals surface area contributed by atoms with Crippen LogP contribution in [0.3, 0.4) is 0 Å². The summed E-state index contributed by atoms with van der Waals surface area (Å²) in [6.07, 6.45) is 0.683. The van der Waals surface area contributed by atoms with E-state index in [0.29, 0.717) is 72.2 Å². The van der Waals surface area contributed by atoms with Gasteiger partial charge in [-0.2, -0.15) is 0 Å². The van der Waals surface area contributed by atoms with Crippen molar-refractivity contribution < 1.29 is 23.9 Å². The average Bonchev–Trinajstić information content (AvgIpc) is 3.11. The van der Waals surface area contributed by atoms with Gasteiger partial charge in [0.1, 0.15) is 18.1 Å². The minimum atomic E-state index is -0.317. The van der Waals surface area contributed by atoms with E-state index in [2.05, 4.69) is 17.3 Å². The highest BCUT2D eigenvalue weighted by atomic mass is 35.5. The first kappa shape index (κ1) is 39.8. The van der Waals surface area contributed by atoms with Crippen LogP contribution in [0, 0.1) is 6.92 Å². The summed E-state index contributed by atoms with van der Waals surface area (Å²) in [5.41, 5.74) is 9.96. The van der Waals surface area contributed by atoms with E-state index in [1.165, 1.54) is 4.90 Å². The van der Waals surface area contributed by atoms with E-state index in [1.54, 1.807) is 49.5 Å². The molecule has 1 aliphatic heterocycles. The molecule has 10 nitrogen and oxygen atoms in total. The maximum absolute atomic E-state index is 13.6. The lowest BCUT2D eigenvalue weighted by molar-refractivity contribution is 0.0661. The first-order chi connectivity index (χ1) is 23.2. The van der Waals surface area contributed by atoms with Crippen molar-refractivity contribution in [2.75, 3.05) is 63.6 Å². The second kappa shape index (κ2) is 19.0. The molecule has 0 unspecified atom stereocenters. The van der Waals surface area contributed by atoms with Gasteiger partial charge in [-0.25, -0.2) is 0 Å². The Morgan fingerprint density at radius 3 is 2.18 bits per heavy atom. The van der Waals surface area contributed by atoms with Crippen molar-refractivity contribution >= 4 is 53.9 Å². The number of nitrogens with zero attached hydrogens (tertiary/aromatic N) is 3. The number of carbonyl (C=O) groups excluding carboxylic acids is 3. The Balaban J connectivity index is 0.00000338. The normalized spacial score (nSPS) is 12.6. The number of likely N-dealkylation sites (N-methyl/N-ethyl adjacent to an activating group) is 1. The molecule has 0 radical (unpaired) electrons. The number of rotatable bonds is 12. The van der Waals surface area contributed by atoms with E-state index in [9.17, 15) is 14.4 Å². The molecule has 1 aliphatic rings. The van der Waals surface area contributed by atoms with Crippen molar-refractivity contribution in [3.63, 3.8) is 0 Å². The molecular weight excluding hydrogens is 677 g/mol. The summed E-state index contributed by atoms with van der Waals surface area (Å²) in [5, 5.41) is 2.88. The van der Waals surface area contributed by atoms with E-state index < -0.39 is 0 Å². The number of para-hydroxylation sites is 3. The smallest absolute Gasteiger partial charge is 0.259 e. The molecule has 1 fully saturated rings. The lowest BCUT2D eigenvalue weighted by Gasteiger charge is -2.33. The van der Waals surface area contributed by atoms with Crippen molar-refractivity contribution in [3.05, 3.63) is 119 Å². The van der Waals surface area contributed by atoms with Gasteiger partial charge in [0.15, 0.2) is 0 Å². The predicted octanol–water partition coefficient (Wildman–Crippen LogP) is 6.06. The summed E-state index contributed by atoms with van der Waals surface area (Å²) >= 11 is 0. The quantitative estimate of drug-likeness (QED) is 0.171. The Hall–Kier alpha value is -4.61. The molecule has 12 heteroatoms. The summed E-state index contributed by atoms with van der Waals surface area (Å²) in [6, 6.07) is 26.9. The monoisotopic (exact) mass is 721 g/mol. The van der Waals surface area contributed by atoms with Gasteiger partial charge >= 0.3 is 0 Å². The minimum absolute atomic E-state index is 0. The molecule has 266 valence electrons. The van der Waals surface area contributed by atoms with Crippen LogP contribution < -0.4 is 25.4 Å². The zero-order valence-corrected chi connectivity index (χ0v) is 30.2. The van der Waals surface area contributed by atoms with E-state index in [4.69, 9.17) is 15.2 Å². The topological polar surface area (TPSA) is 117 Å². The second-order valence-electron chi connectivity index (χ2n) is 11.9. The molecule has 1 heterocycles. The predicted molar refractivity (Wildman–Crippen MR) is 203 cm³/mol. The Morgan fingerprint density at radius 1 is 0.820 bits per heavy atom. The van der Waals surface area contributed by atoms with Gasteiger partial charge in [-0.15, -0.1) is 24.8 Å². The molecule has 0 aliphatic carbocycles. The minimum Gasteiger partial charge on any atom is -0.493 e. The van der Waals surface area contributed by atoms with Crippen LogP contribution in [0.25, 0.3) is 0 Å². The fourth-order valence-electron chi connectivity index (χ4n) is 5.45. The van der Waals surface area contributed by atoms with Gasteiger partial charge < -0.3 is 35.2 Å². The Morgan fingerprint density at radius 2 is 1.48 bits per heavy atom. The van der Waals surface area contributed by atoms with E-state index in [-0.39, 0.29) is 49.1 Å². The van der Waals surface area contributed by atoms with E-state index in [0.717, 1.165) is 24.2 Å². The first-order valence-corrected chi connectivity index (χ1v) is 16.2. The highest BCUT2D eigenvalue weighted by Gasteiger charge is 2.24.